The summed E-state index contributed by atoms with van der Waals surface area (Å²) in [4.78, 5) is 8.51. The van der Waals surface area contributed by atoms with Crippen LogP contribution in [0.1, 0.15) is 37.9 Å². The van der Waals surface area contributed by atoms with Crippen LogP contribution in [0.2, 0.25) is 0 Å². The van der Waals surface area contributed by atoms with E-state index in [1.54, 1.807) is 12.3 Å². The lowest BCUT2D eigenvalue weighted by Crippen LogP contribution is -1.98. The van der Waals surface area contributed by atoms with Gasteiger partial charge in [-0.2, -0.15) is 0 Å². The molecular formula is C13H15FN2. The lowest BCUT2D eigenvalue weighted by molar-refractivity contribution is 0.606. The van der Waals surface area contributed by atoms with Gasteiger partial charge in [0.1, 0.15) is 5.52 Å². The molecule has 1 aromatic carbocycles. The number of rotatable bonds is 2. The fraction of sp³-hybridized carbons (Fsp3) is 0.385. The molecule has 0 bridgehead atoms. The van der Waals surface area contributed by atoms with Gasteiger partial charge in [-0.1, -0.05) is 26.8 Å². The Labute approximate surface area is 94.5 Å². The van der Waals surface area contributed by atoms with Gasteiger partial charge in [-0.15, -0.1) is 0 Å². The first-order valence-electron chi connectivity index (χ1n) is 5.57. The highest BCUT2D eigenvalue weighted by Crippen LogP contribution is 2.23. The summed E-state index contributed by atoms with van der Waals surface area (Å²) in [6.45, 7) is 5.95. The third kappa shape index (κ3) is 1.77. The SMILES string of the molecule is CCc1cnc2c(F)c(C(C)C)ccc2n1. The number of aromatic nitrogens is 2. The lowest BCUT2D eigenvalue weighted by atomic mass is 10.0. The predicted molar refractivity (Wildman–Crippen MR) is 63.0 cm³/mol. The van der Waals surface area contributed by atoms with Crippen LogP contribution in [0, 0.1) is 5.82 Å². The summed E-state index contributed by atoms with van der Waals surface area (Å²) in [7, 11) is 0. The Balaban J connectivity index is 2.67. The smallest absolute Gasteiger partial charge is 0.154 e. The molecule has 0 aliphatic carbocycles. The van der Waals surface area contributed by atoms with Crippen LogP contribution in [0.3, 0.4) is 0 Å². The van der Waals surface area contributed by atoms with Crippen molar-refractivity contribution in [1.29, 1.82) is 0 Å². The zero-order chi connectivity index (χ0) is 11.7. The summed E-state index contributed by atoms with van der Waals surface area (Å²) in [5.41, 5.74) is 2.61. The minimum absolute atomic E-state index is 0.164. The fourth-order valence-electron chi connectivity index (χ4n) is 1.72. The summed E-state index contributed by atoms with van der Waals surface area (Å²) in [6, 6.07) is 3.65. The number of nitrogens with zero attached hydrogens (tertiary/aromatic N) is 2. The first kappa shape index (κ1) is 11.0. The Morgan fingerprint density at radius 1 is 1.31 bits per heavy atom. The molecule has 3 heteroatoms. The highest BCUT2D eigenvalue weighted by Gasteiger charge is 2.12. The molecule has 16 heavy (non-hydrogen) atoms. The van der Waals surface area contributed by atoms with E-state index >= 15 is 0 Å². The number of fused-ring (bicyclic) bond motifs is 1. The molecule has 84 valence electrons. The van der Waals surface area contributed by atoms with Gasteiger partial charge in [0.25, 0.3) is 0 Å². The molecule has 0 unspecified atom stereocenters. The van der Waals surface area contributed by atoms with Gasteiger partial charge in [0.2, 0.25) is 0 Å². The lowest BCUT2D eigenvalue weighted by Gasteiger charge is -2.08. The van der Waals surface area contributed by atoms with Crippen molar-refractivity contribution in [2.75, 3.05) is 0 Å². The zero-order valence-electron chi connectivity index (χ0n) is 9.79. The average Bonchev–Trinajstić information content (AvgIpc) is 2.28. The molecule has 0 saturated heterocycles. The van der Waals surface area contributed by atoms with Crippen molar-refractivity contribution in [3.63, 3.8) is 0 Å². The van der Waals surface area contributed by atoms with Gasteiger partial charge in [-0.3, -0.25) is 0 Å². The van der Waals surface area contributed by atoms with Crippen molar-refractivity contribution < 1.29 is 4.39 Å². The van der Waals surface area contributed by atoms with E-state index in [0.717, 1.165) is 12.1 Å². The topological polar surface area (TPSA) is 25.8 Å². The van der Waals surface area contributed by atoms with Crippen molar-refractivity contribution >= 4 is 11.0 Å². The predicted octanol–water partition coefficient (Wildman–Crippen LogP) is 3.45. The number of hydrogen-bond acceptors (Lipinski definition) is 2. The van der Waals surface area contributed by atoms with Crippen LogP contribution in [0.4, 0.5) is 4.39 Å². The van der Waals surface area contributed by atoms with Gasteiger partial charge < -0.3 is 0 Å². The second-order valence-corrected chi connectivity index (χ2v) is 4.21. The van der Waals surface area contributed by atoms with Gasteiger partial charge in [0, 0.05) is 6.20 Å². The van der Waals surface area contributed by atoms with Gasteiger partial charge in [0.15, 0.2) is 5.82 Å². The largest absolute Gasteiger partial charge is 0.250 e. The van der Waals surface area contributed by atoms with Gasteiger partial charge >= 0.3 is 0 Å². The van der Waals surface area contributed by atoms with Crippen molar-refractivity contribution in [2.24, 2.45) is 0 Å². The molecule has 1 aromatic heterocycles. The molecule has 0 radical (unpaired) electrons. The number of benzene rings is 1. The molecule has 0 N–H and O–H groups in total. The number of halogens is 1. The Kier molecular flexibility index (Phi) is 2.86. The van der Waals surface area contributed by atoms with Crippen LogP contribution < -0.4 is 0 Å². The van der Waals surface area contributed by atoms with Crippen LogP contribution in [0.15, 0.2) is 18.3 Å². The molecular weight excluding hydrogens is 203 g/mol. The summed E-state index contributed by atoms with van der Waals surface area (Å²) in [5, 5.41) is 0. The quantitative estimate of drug-likeness (QED) is 0.771. The average molecular weight is 218 g/mol. The number of aryl methyl sites for hydroxylation is 1. The van der Waals surface area contributed by atoms with E-state index in [1.807, 2.05) is 26.8 Å². The molecule has 0 saturated carbocycles. The number of hydrogen-bond donors (Lipinski definition) is 0. The van der Waals surface area contributed by atoms with Crippen LogP contribution in [-0.2, 0) is 6.42 Å². The van der Waals surface area contributed by atoms with E-state index in [9.17, 15) is 4.39 Å². The Hall–Kier alpha value is -1.51. The fourth-order valence-corrected chi connectivity index (χ4v) is 1.72. The molecule has 0 amide bonds. The summed E-state index contributed by atoms with van der Waals surface area (Å²) in [6.07, 6.45) is 2.46. The van der Waals surface area contributed by atoms with Gasteiger partial charge in [-0.05, 0) is 24.0 Å². The van der Waals surface area contributed by atoms with Crippen LogP contribution in [-0.4, -0.2) is 9.97 Å². The van der Waals surface area contributed by atoms with Crippen molar-refractivity contribution in [1.82, 2.24) is 9.97 Å². The first-order valence-corrected chi connectivity index (χ1v) is 5.57. The molecule has 1 heterocycles. The van der Waals surface area contributed by atoms with Crippen LogP contribution in [0.25, 0.3) is 11.0 Å². The van der Waals surface area contributed by atoms with Gasteiger partial charge in [0.05, 0.1) is 11.2 Å². The first-order chi connectivity index (χ1) is 7.63. The van der Waals surface area contributed by atoms with Crippen molar-refractivity contribution in [2.45, 2.75) is 33.1 Å². The summed E-state index contributed by atoms with van der Waals surface area (Å²) in [5.74, 6) is -0.0697. The van der Waals surface area contributed by atoms with E-state index < -0.39 is 0 Å². The molecule has 2 nitrogen and oxygen atoms in total. The van der Waals surface area contributed by atoms with Crippen molar-refractivity contribution in [3.05, 3.63) is 35.4 Å². The maximum Gasteiger partial charge on any atom is 0.154 e. The van der Waals surface area contributed by atoms with E-state index in [0.29, 0.717) is 16.6 Å². The minimum Gasteiger partial charge on any atom is -0.250 e. The second kappa shape index (κ2) is 4.16. The summed E-state index contributed by atoms with van der Waals surface area (Å²) >= 11 is 0. The third-order valence-electron chi connectivity index (χ3n) is 2.72. The van der Waals surface area contributed by atoms with Gasteiger partial charge in [-0.25, -0.2) is 14.4 Å². The zero-order valence-corrected chi connectivity index (χ0v) is 9.79. The highest BCUT2D eigenvalue weighted by molar-refractivity contribution is 5.75. The second-order valence-electron chi connectivity index (χ2n) is 4.21. The molecule has 2 aromatic rings. The van der Waals surface area contributed by atoms with Crippen LogP contribution in [0.5, 0.6) is 0 Å². The molecule has 0 atom stereocenters. The Morgan fingerprint density at radius 3 is 2.69 bits per heavy atom. The van der Waals surface area contributed by atoms with E-state index in [4.69, 9.17) is 0 Å². The molecule has 0 fully saturated rings. The van der Waals surface area contributed by atoms with Crippen molar-refractivity contribution in [3.8, 4) is 0 Å². The van der Waals surface area contributed by atoms with Crippen LogP contribution >= 0.6 is 0 Å². The molecule has 0 aliphatic heterocycles. The normalized spacial score (nSPS) is 11.3. The van der Waals surface area contributed by atoms with E-state index in [1.165, 1.54) is 0 Å². The van der Waals surface area contributed by atoms with E-state index in [-0.39, 0.29) is 11.7 Å². The molecule has 2 rings (SSSR count). The monoisotopic (exact) mass is 218 g/mol. The molecule has 0 aliphatic rings. The third-order valence-corrected chi connectivity index (χ3v) is 2.72. The minimum atomic E-state index is -0.234. The summed E-state index contributed by atoms with van der Waals surface area (Å²) < 4.78 is 14.1. The Bertz CT molecular complexity index is 521. The Morgan fingerprint density at radius 2 is 2.06 bits per heavy atom. The standard InChI is InChI=1S/C13H15FN2/c1-4-9-7-15-13-11(16-9)6-5-10(8(2)3)12(13)14/h5-8H,4H2,1-3H3. The maximum absolute atomic E-state index is 14.1. The molecule has 0 spiro atoms. The maximum atomic E-state index is 14.1. The van der Waals surface area contributed by atoms with E-state index in [2.05, 4.69) is 9.97 Å². The highest BCUT2D eigenvalue weighted by atomic mass is 19.1.